The largest absolute Gasteiger partial charge is 0.507 e. The standard InChI is InChI=1S/C20H23N3O3/c1-2-14-5-8-18(24)17(11-14)20(26)22-12-15-3-6-16(7-4-15)23-10-9-21-19(25)13-23/h3-8,11,24H,2,9-10,12-13H2,1H3,(H,21,25)(H,22,26). The summed E-state index contributed by atoms with van der Waals surface area (Å²) in [4.78, 5) is 25.8. The number of hydrogen-bond acceptors (Lipinski definition) is 4. The molecule has 0 bridgehead atoms. The lowest BCUT2D eigenvalue weighted by Crippen LogP contribution is -2.47. The molecule has 0 atom stereocenters. The van der Waals surface area contributed by atoms with Crippen LogP contribution in [-0.2, 0) is 17.8 Å². The lowest BCUT2D eigenvalue weighted by atomic mass is 10.1. The summed E-state index contributed by atoms with van der Waals surface area (Å²) in [6.45, 7) is 4.17. The van der Waals surface area contributed by atoms with Gasteiger partial charge in [0.15, 0.2) is 0 Å². The van der Waals surface area contributed by atoms with Crippen LogP contribution < -0.4 is 15.5 Å². The summed E-state index contributed by atoms with van der Waals surface area (Å²) in [6.07, 6.45) is 0.802. The van der Waals surface area contributed by atoms with Crippen molar-refractivity contribution in [3.63, 3.8) is 0 Å². The van der Waals surface area contributed by atoms with E-state index in [0.29, 0.717) is 25.2 Å². The quantitative estimate of drug-likeness (QED) is 0.766. The van der Waals surface area contributed by atoms with Gasteiger partial charge in [0.2, 0.25) is 5.91 Å². The number of benzene rings is 2. The fourth-order valence-corrected chi connectivity index (χ4v) is 2.95. The maximum atomic E-state index is 12.3. The smallest absolute Gasteiger partial charge is 0.255 e. The van der Waals surface area contributed by atoms with Crippen molar-refractivity contribution in [2.45, 2.75) is 19.9 Å². The van der Waals surface area contributed by atoms with E-state index in [-0.39, 0.29) is 17.6 Å². The summed E-state index contributed by atoms with van der Waals surface area (Å²) in [6, 6.07) is 12.9. The molecule has 0 saturated carbocycles. The van der Waals surface area contributed by atoms with E-state index in [1.165, 1.54) is 0 Å². The Labute approximate surface area is 152 Å². The number of rotatable bonds is 5. The Bertz CT molecular complexity index is 802. The Morgan fingerprint density at radius 1 is 1.19 bits per heavy atom. The van der Waals surface area contributed by atoms with Crippen LogP contribution in [0.25, 0.3) is 0 Å². The van der Waals surface area contributed by atoms with Crippen LogP contribution in [0.2, 0.25) is 0 Å². The highest BCUT2D eigenvalue weighted by Crippen LogP contribution is 2.19. The van der Waals surface area contributed by atoms with Gasteiger partial charge in [0.1, 0.15) is 5.75 Å². The molecule has 26 heavy (non-hydrogen) atoms. The normalized spacial score (nSPS) is 14.0. The maximum absolute atomic E-state index is 12.3. The second kappa shape index (κ2) is 7.91. The predicted octanol–water partition coefficient (Wildman–Crippen LogP) is 1.82. The van der Waals surface area contributed by atoms with Crippen LogP contribution in [0.5, 0.6) is 5.75 Å². The van der Waals surface area contributed by atoms with E-state index < -0.39 is 0 Å². The Kier molecular flexibility index (Phi) is 5.41. The van der Waals surface area contributed by atoms with Crippen LogP contribution in [0.3, 0.4) is 0 Å². The van der Waals surface area contributed by atoms with E-state index in [4.69, 9.17) is 0 Å². The summed E-state index contributed by atoms with van der Waals surface area (Å²) in [5.74, 6) is -0.283. The molecule has 6 heteroatoms. The van der Waals surface area contributed by atoms with E-state index in [1.807, 2.05) is 42.2 Å². The van der Waals surface area contributed by atoms with Crippen molar-refractivity contribution in [1.82, 2.24) is 10.6 Å². The SMILES string of the molecule is CCc1ccc(O)c(C(=O)NCc2ccc(N3CCNC(=O)C3)cc2)c1. The number of phenols is 1. The second-order valence-electron chi connectivity index (χ2n) is 6.33. The molecule has 2 aromatic rings. The van der Waals surface area contributed by atoms with Crippen LogP contribution in [0, 0.1) is 0 Å². The number of carbonyl (C=O) groups excluding carboxylic acids is 2. The summed E-state index contributed by atoms with van der Waals surface area (Å²) in [7, 11) is 0. The molecule has 2 amide bonds. The molecule has 0 radical (unpaired) electrons. The van der Waals surface area contributed by atoms with Gasteiger partial charge in [0.05, 0.1) is 12.1 Å². The van der Waals surface area contributed by atoms with E-state index in [0.717, 1.165) is 29.8 Å². The molecule has 1 saturated heterocycles. The van der Waals surface area contributed by atoms with Gasteiger partial charge in [-0.25, -0.2) is 0 Å². The van der Waals surface area contributed by atoms with Crippen molar-refractivity contribution in [3.05, 3.63) is 59.2 Å². The Hall–Kier alpha value is -3.02. The van der Waals surface area contributed by atoms with Crippen LogP contribution in [0.1, 0.15) is 28.4 Å². The number of hydrogen-bond donors (Lipinski definition) is 3. The number of anilines is 1. The zero-order valence-corrected chi connectivity index (χ0v) is 14.8. The minimum absolute atomic E-state index is 0.0153. The zero-order valence-electron chi connectivity index (χ0n) is 14.8. The van der Waals surface area contributed by atoms with Gasteiger partial charge in [-0.1, -0.05) is 25.1 Å². The Morgan fingerprint density at radius 2 is 1.92 bits per heavy atom. The first kappa shape index (κ1) is 17.8. The molecule has 1 fully saturated rings. The molecular weight excluding hydrogens is 330 g/mol. The number of piperazine rings is 1. The van der Waals surface area contributed by atoms with Crippen molar-refractivity contribution in [1.29, 1.82) is 0 Å². The Morgan fingerprint density at radius 3 is 2.62 bits per heavy atom. The van der Waals surface area contributed by atoms with E-state index >= 15 is 0 Å². The van der Waals surface area contributed by atoms with Gasteiger partial charge in [0.25, 0.3) is 5.91 Å². The van der Waals surface area contributed by atoms with Crippen molar-refractivity contribution in [3.8, 4) is 5.75 Å². The number of carbonyl (C=O) groups is 2. The number of nitrogens with zero attached hydrogens (tertiary/aromatic N) is 1. The third-order valence-corrected chi connectivity index (χ3v) is 4.51. The monoisotopic (exact) mass is 353 g/mol. The van der Waals surface area contributed by atoms with Crippen molar-refractivity contribution < 1.29 is 14.7 Å². The average Bonchev–Trinajstić information content (AvgIpc) is 2.67. The first-order valence-corrected chi connectivity index (χ1v) is 8.77. The molecule has 1 aliphatic rings. The first-order valence-electron chi connectivity index (χ1n) is 8.77. The lowest BCUT2D eigenvalue weighted by Gasteiger charge is -2.28. The Balaban J connectivity index is 1.61. The van der Waals surface area contributed by atoms with Gasteiger partial charge in [-0.3, -0.25) is 9.59 Å². The van der Waals surface area contributed by atoms with Gasteiger partial charge < -0.3 is 20.6 Å². The molecule has 0 aliphatic carbocycles. The fourth-order valence-electron chi connectivity index (χ4n) is 2.95. The number of aromatic hydroxyl groups is 1. The van der Waals surface area contributed by atoms with Gasteiger partial charge in [0, 0.05) is 25.3 Å². The van der Waals surface area contributed by atoms with Crippen LogP contribution >= 0.6 is 0 Å². The molecule has 1 aliphatic heterocycles. The van der Waals surface area contributed by atoms with E-state index in [1.54, 1.807) is 12.1 Å². The number of amides is 2. The topological polar surface area (TPSA) is 81.7 Å². The highest BCUT2D eigenvalue weighted by molar-refractivity contribution is 5.97. The zero-order chi connectivity index (χ0) is 18.5. The van der Waals surface area contributed by atoms with E-state index in [9.17, 15) is 14.7 Å². The number of aryl methyl sites for hydroxylation is 1. The molecule has 3 rings (SSSR count). The van der Waals surface area contributed by atoms with Crippen molar-refractivity contribution in [2.24, 2.45) is 0 Å². The van der Waals surface area contributed by atoms with Gasteiger partial charge in [-0.15, -0.1) is 0 Å². The summed E-state index contributed by atoms with van der Waals surface area (Å²) in [5.41, 5.74) is 3.24. The van der Waals surface area contributed by atoms with Crippen LogP contribution in [-0.4, -0.2) is 36.6 Å². The average molecular weight is 353 g/mol. The molecule has 0 unspecified atom stereocenters. The molecule has 0 aromatic heterocycles. The van der Waals surface area contributed by atoms with Crippen LogP contribution in [0.4, 0.5) is 5.69 Å². The van der Waals surface area contributed by atoms with Crippen molar-refractivity contribution in [2.75, 3.05) is 24.5 Å². The molecule has 2 aromatic carbocycles. The maximum Gasteiger partial charge on any atom is 0.255 e. The molecule has 3 N–H and O–H groups in total. The highest BCUT2D eigenvalue weighted by atomic mass is 16.3. The second-order valence-corrected chi connectivity index (χ2v) is 6.33. The molecule has 136 valence electrons. The van der Waals surface area contributed by atoms with Gasteiger partial charge >= 0.3 is 0 Å². The summed E-state index contributed by atoms with van der Waals surface area (Å²) >= 11 is 0. The summed E-state index contributed by atoms with van der Waals surface area (Å²) < 4.78 is 0. The van der Waals surface area contributed by atoms with E-state index in [2.05, 4.69) is 10.6 Å². The predicted molar refractivity (Wildman–Crippen MR) is 100 cm³/mol. The van der Waals surface area contributed by atoms with Crippen molar-refractivity contribution >= 4 is 17.5 Å². The third kappa shape index (κ3) is 4.14. The fraction of sp³-hybridized carbons (Fsp3) is 0.300. The molecule has 6 nitrogen and oxygen atoms in total. The molecule has 1 heterocycles. The van der Waals surface area contributed by atoms with Gasteiger partial charge in [-0.05, 0) is 41.8 Å². The number of nitrogens with one attached hydrogen (secondary N) is 2. The number of phenolic OH excluding ortho intramolecular Hbond substituents is 1. The molecule has 0 spiro atoms. The minimum atomic E-state index is -0.297. The van der Waals surface area contributed by atoms with Gasteiger partial charge in [-0.2, -0.15) is 0 Å². The lowest BCUT2D eigenvalue weighted by molar-refractivity contribution is -0.120. The third-order valence-electron chi connectivity index (χ3n) is 4.51. The summed E-state index contributed by atoms with van der Waals surface area (Å²) in [5, 5.41) is 15.5. The molecular formula is C20H23N3O3. The highest BCUT2D eigenvalue weighted by Gasteiger charge is 2.16. The van der Waals surface area contributed by atoms with Crippen LogP contribution in [0.15, 0.2) is 42.5 Å². The minimum Gasteiger partial charge on any atom is -0.507 e. The first-order chi connectivity index (χ1) is 12.6.